The molecule has 1 unspecified atom stereocenters. The predicted molar refractivity (Wildman–Crippen MR) is 124 cm³/mol. The summed E-state index contributed by atoms with van der Waals surface area (Å²) in [4.78, 5) is 24.8. The summed E-state index contributed by atoms with van der Waals surface area (Å²) in [6.07, 6.45) is 1.08. The topological polar surface area (TPSA) is 67.4 Å². The number of amides is 2. The molecular weight excluding hydrogens is 388 g/mol. The second kappa shape index (κ2) is 11.0. The van der Waals surface area contributed by atoms with E-state index in [4.69, 9.17) is 4.74 Å². The molecule has 5 nitrogen and oxygen atoms in total. The van der Waals surface area contributed by atoms with E-state index in [0.717, 1.165) is 11.1 Å². The molecule has 31 heavy (non-hydrogen) atoms. The highest BCUT2D eigenvalue weighted by Crippen LogP contribution is 2.18. The fourth-order valence-corrected chi connectivity index (χ4v) is 3.16. The minimum absolute atomic E-state index is 0.0433. The van der Waals surface area contributed by atoms with Crippen LogP contribution in [0.1, 0.15) is 30.9 Å². The number of benzene rings is 3. The van der Waals surface area contributed by atoms with Gasteiger partial charge in [-0.15, -0.1) is 0 Å². The fourth-order valence-electron chi connectivity index (χ4n) is 3.16. The van der Waals surface area contributed by atoms with Crippen molar-refractivity contribution in [1.82, 2.24) is 0 Å². The maximum absolute atomic E-state index is 12.6. The van der Waals surface area contributed by atoms with Gasteiger partial charge in [0.05, 0.1) is 0 Å². The minimum Gasteiger partial charge on any atom is -0.481 e. The van der Waals surface area contributed by atoms with E-state index in [0.29, 0.717) is 36.4 Å². The van der Waals surface area contributed by atoms with Crippen molar-refractivity contribution in [3.63, 3.8) is 0 Å². The Bertz CT molecular complexity index is 1000. The first kappa shape index (κ1) is 22.1. The number of aryl methyl sites for hydroxylation is 2. The van der Waals surface area contributed by atoms with Gasteiger partial charge in [0.25, 0.3) is 5.91 Å². The van der Waals surface area contributed by atoms with E-state index in [1.54, 1.807) is 24.3 Å². The molecule has 0 aliphatic heterocycles. The van der Waals surface area contributed by atoms with Crippen molar-refractivity contribution in [1.29, 1.82) is 0 Å². The van der Waals surface area contributed by atoms with Crippen LogP contribution in [-0.2, 0) is 16.0 Å². The molecule has 5 heteroatoms. The van der Waals surface area contributed by atoms with E-state index in [-0.39, 0.29) is 11.8 Å². The molecule has 0 saturated heterocycles. The van der Waals surface area contributed by atoms with Crippen molar-refractivity contribution in [2.24, 2.45) is 0 Å². The molecule has 160 valence electrons. The third kappa shape index (κ3) is 7.00. The standard InChI is InChI=1S/C26H28N2O3/c1-3-24(31-23-11-7-8-19(2)18-23)26(30)28-22-15-13-21(14-16-22)27-25(29)17-12-20-9-5-4-6-10-20/h4-11,13-16,18,24H,3,12,17H2,1-2H3,(H,27,29)(H,28,30). The van der Waals surface area contributed by atoms with Crippen LogP contribution in [-0.4, -0.2) is 17.9 Å². The number of rotatable bonds is 9. The Labute approximate surface area is 183 Å². The number of nitrogens with one attached hydrogen (secondary N) is 2. The van der Waals surface area contributed by atoms with Gasteiger partial charge in [-0.2, -0.15) is 0 Å². The molecule has 0 saturated carbocycles. The number of carbonyl (C=O) groups excluding carboxylic acids is 2. The maximum Gasteiger partial charge on any atom is 0.265 e. The summed E-state index contributed by atoms with van der Waals surface area (Å²) in [5.74, 6) is 0.428. The van der Waals surface area contributed by atoms with Crippen molar-refractivity contribution < 1.29 is 14.3 Å². The SMILES string of the molecule is CCC(Oc1cccc(C)c1)C(=O)Nc1ccc(NC(=O)CCc2ccccc2)cc1. The van der Waals surface area contributed by atoms with E-state index in [1.807, 2.05) is 68.4 Å². The largest absolute Gasteiger partial charge is 0.481 e. The summed E-state index contributed by atoms with van der Waals surface area (Å²) >= 11 is 0. The Hall–Kier alpha value is -3.60. The number of ether oxygens (including phenoxy) is 1. The van der Waals surface area contributed by atoms with Crippen LogP contribution in [0.2, 0.25) is 0 Å². The summed E-state index contributed by atoms with van der Waals surface area (Å²) in [6.45, 7) is 3.89. The van der Waals surface area contributed by atoms with Crippen molar-refractivity contribution in [3.05, 3.63) is 90.0 Å². The van der Waals surface area contributed by atoms with Crippen molar-refractivity contribution in [3.8, 4) is 5.75 Å². The normalized spacial score (nSPS) is 11.4. The van der Waals surface area contributed by atoms with Crippen molar-refractivity contribution in [2.45, 2.75) is 39.2 Å². The van der Waals surface area contributed by atoms with Crippen LogP contribution < -0.4 is 15.4 Å². The maximum atomic E-state index is 12.6. The Morgan fingerprint density at radius 1 is 0.871 bits per heavy atom. The second-order valence-electron chi connectivity index (χ2n) is 7.43. The molecule has 2 amide bonds. The molecule has 0 fully saturated rings. The quantitative estimate of drug-likeness (QED) is 0.493. The average Bonchev–Trinajstić information content (AvgIpc) is 2.78. The summed E-state index contributed by atoms with van der Waals surface area (Å²) in [5.41, 5.74) is 3.56. The molecule has 0 spiro atoms. The van der Waals surface area contributed by atoms with Gasteiger partial charge in [-0.3, -0.25) is 9.59 Å². The summed E-state index contributed by atoms with van der Waals surface area (Å²) in [5, 5.41) is 5.77. The van der Waals surface area contributed by atoms with Gasteiger partial charge in [0.1, 0.15) is 5.75 Å². The molecule has 0 aliphatic carbocycles. The zero-order valence-electron chi connectivity index (χ0n) is 17.9. The third-order valence-corrected chi connectivity index (χ3v) is 4.85. The molecule has 2 N–H and O–H groups in total. The average molecular weight is 417 g/mol. The van der Waals surface area contributed by atoms with Crippen LogP contribution in [0.25, 0.3) is 0 Å². The van der Waals surface area contributed by atoms with Gasteiger partial charge < -0.3 is 15.4 Å². The molecule has 3 aromatic rings. The Kier molecular flexibility index (Phi) is 7.82. The first-order chi connectivity index (χ1) is 15.0. The second-order valence-corrected chi connectivity index (χ2v) is 7.43. The first-order valence-electron chi connectivity index (χ1n) is 10.5. The molecule has 0 bridgehead atoms. The van der Waals surface area contributed by atoms with Gasteiger partial charge in [-0.05, 0) is 67.3 Å². The van der Waals surface area contributed by atoms with Crippen LogP contribution in [0, 0.1) is 6.92 Å². The smallest absolute Gasteiger partial charge is 0.265 e. The highest BCUT2D eigenvalue weighted by Gasteiger charge is 2.18. The fraction of sp³-hybridized carbons (Fsp3) is 0.231. The van der Waals surface area contributed by atoms with E-state index in [2.05, 4.69) is 10.6 Å². The summed E-state index contributed by atoms with van der Waals surface area (Å²) in [6, 6.07) is 24.6. The van der Waals surface area contributed by atoms with E-state index in [9.17, 15) is 9.59 Å². The van der Waals surface area contributed by atoms with Gasteiger partial charge in [-0.25, -0.2) is 0 Å². The van der Waals surface area contributed by atoms with Crippen LogP contribution in [0.15, 0.2) is 78.9 Å². The molecular formula is C26H28N2O3. The highest BCUT2D eigenvalue weighted by atomic mass is 16.5. The van der Waals surface area contributed by atoms with Gasteiger partial charge in [0.15, 0.2) is 6.10 Å². The van der Waals surface area contributed by atoms with E-state index < -0.39 is 6.10 Å². The van der Waals surface area contributed by atoms with E-state index in [1.165, 1.54) is 0 Å². The molecule has 0 aliphatic rings. The molecule has 3 aromatic carbocycles. The Morgan fingerprint density at radius 3 is 2.19 bits per heavy atom. The number of hydrogen-bond acceptors (Lipinski definition) is 3. The zero-order valence-corrected chi connectivity index (χ0v) is 17.9. The van der Waals surface area contributed by atoms with Gasteiger partial charge in [0.2, 0.25) is 5.91 Å². The first-order valence-corrected chi connectivity index (χ1v) is 10.5. The molecule has 0 radical (unpaired) electrons. The predicted octanol–water partition coefficient (Wildman–Crippen LogP) is 5.36. The van der Waals surface area contributed by atoms with Gasteiger partial charge in [-0.1, -0.05) is 49.4 Å². The zero-order chi connectivity index (χ0) is 22.1. The lowest BCUT2D eigenvalue weighted by Gasteiger charge is -2.17. The Balaban J connectivity index is 1.50. The van der Waals surface area contributed by atoms with E-state index >= 15 is 0 Å². The molecule has 3 rings (SSSR count). The lowest BCUT2D eigenvalue weighted by atomic mass is 10.1. The highest BCUT2D eigenvalue weighted by molar-refractivity contribution is 5.95. The minimum atomic E-state index is -0.584. The Morgan fingerprint density at radius 2 is 1.55 bits per heavy atom. The monoisotopic (exact) mass is 416 g/mol. The molecule has 0 aromatic heterocycles. The number of hydrogen-bond donors (Lipinski definition) is 2. The van der Waals surface area contributed by atoms with Crippen LogP contribution >= 0.6 is 0 Å². The number of anilines is 2. The molecule has 0 heterocycles. The lowest BCUT2D eigenvalue weighted by Crippen LogP contribution is -2.32. The van der Waals surface area contributed by atoms with Crippen LogP contribution in [0.4, 0.5) is 11.4 Å². The van der Waals surface area contributed by atoms with Gasteiger partial charge in [0, 0.05) is 17.8 Å². The van der Waals surface area contributed by atoms with Crippen molar-refractivity contribution in [2.75, 3.05) is 10.6 Å². The summed E-state index contributed by atoms with van der Waals surface area (Å²) < 4.78 is 5.85. The number of carbonyl (C=O) groups is 2. The molecule has 1 atom stereocenters. The third-order valence-electron chi connectivity index (χ3n) is 4.85. The van der Waals surface area contributed by atoms with Gasteiger partial charge >= 0.3 is 0 Å². The van der Waals surface area contributed by atoms with Crippen LogP contribution in [0.3, 0.4) is 0 Å². The summed E-state index contributed by atoms with van der Waals surface area (Å²) in [7, 11) is 0. The van der Waals surface area contributed by atoms with Crippen molar-refractivity contribution >= 4 is 23.2 Å². The van der Waals surface area contributed by atoms with Crippen LogP contribution in [0.5, 0.6) is 5.75 Å². The lowest BCUT2D eigenvalue weighted by molar-refractivity contribution is -0.122.